The van der Waals surface area contributed by atoms with E-state index in [-0.39, 0.29) is 0 Å². The van der Waals surface area contributed by atoms with Crippen molar-refractivity contribution < 1.29 is 9.15 Å². The third kappa shape index (κ3) is 3.37. The standard InChI is InChI=1S/C15H19NO2/c1-12(14-7-9-18-11-14)16-8-6-13-4-3-5-15(10-13)17-2/h3-5,7,9-12,16H,6,8H2,1-2H3. The van der Waals surface area contributed by atoms with E-state index in [1.165, 1.54) is 11.1 Å². The zero-order chi connectivity index (χ0) is 12.8. The summed E-state index contributed by atoms with van der Waals surface area (Å²) < 4.78 is 10.3. The molecule has 96 valence electrons. The minimum Gasteiger partial charge on any atom is -0.497 e. The van der Waals surface area contributed by atoms with Crippen LogP contribution in [0.2, 0.25) is 0 Å². The highest BCUT2D eigenvalue weighted by atomic mass is 16.5. The Bertz CT molecular complexity index is 465. The van der Waals surface area contributed by atoms with E-state index in [1.54, 1.807) is 19.6 Å². The van der Waals surface area contributed by atoms with Crippen LogP contribution in [0, 0.1) is 0 Å². The van der Waals surface area contributed by atoms with Gasteiger partial charge in [0, 0.05) is 11.6 Å². The van der Waals surface area contributed by atoms with E-state index in [0.717, 1.165) is 18.7 Å². The van der Waals surface area contributed by atoms with Crippen molar-refractivity contribution in [3.8, 4) is 5.75 Å². The third-order valence-electron chi connectivity index (χ3n) is 3.04. The highest BCUT2D eigenvalue weighted by Gasteiger charge is 2.05. The summed E-state index contributed by atoms with van der Waals surface area (Å²) in [5.74, 6) is 0.912. The quantitative estimate of drug-likeness (QED) is 0.848. The topological polar surface area (TPSA) is 34.4 Å². The Morgan fingerprint density at radius 3 is 2.94 bits per heavy atom. The Labute approximate surface area is 108 Å². The van der Waals surface area contributed by atoms with Crippen molar-refractivity contribution in [1.82, 2.24) is 5.32 Å². The molecule has 0 saturated carbocycles. The Hall–Kier alpha value is -1.74. The number of hydrogen-bond acceptors (Lipinski definition) is 3. The van der Waals surface area contributed by atoms with Crippen molar-refractivity contribution in [2.24, 2.45) is 0 Å². The maximum atomic E-state index is 5.21. The molecule has 1 heterocycles. The zero-order valence-electron chi connectivity index (χ0n) is 10.8. The predicted octanol–water partition coefficient (Wildman–Crippen LogP) is 3.18. The maximum absolute atomic E-state index is 5.21. The van der Waals surface area contributed by atoms with Crippen molar-refractivity contribution in [3.63, 3.8) is 0 Å². The summed E-state index contributed by atoms with van der Waals surface area (Å²) >= 11 is 0. The van der Waals surface area contributed by atoms with E-state index in [9.17, 15) is 0 Å². The Morgan fingerprint density at radius 1 is 1.33 bits per heavy atom. The number of nitrogens with one attached hydrogen (secondary N) is 1. The molecule has 0 bridgehead atoms. The van der Waals surface area contributed by atoms with Gasteiger partial charge in [-0.05, 0) is 43.7 Å². The number of rotatable bonds is 6. The fraction of sp³-hybridized carbons (Fsp3) is 0.333. The molecule has 1 unspecified atom stereocenters. The molecule has 18 heavy (non-hydrogen) atoms. The van der Waals surface area contributed by atoms with Crippen molar-refractivity contribution in [2.45, 2.75) is 19.4 Å². The fourth-order valence-corrected chi connectivity index (χ4v) is 1.90. The molecule has 0 fully saturated rings. The van der Waals surface area contributed by atoms with E-state index in [0.29, 0.717) is 6.04 Å². The molecule has 1 aromatic heterocycles. The van der Waals surface area contributed by atoms with Gasteiger partial charge in [-0.15, -0.1) is 0 Å². The summed E-state index contributed by atoms with van der Waals surface area (Å²) in [6.45, 7) is 3.07. The van der Waals surface area contributed by atoms with Crippen LogP contribution in [0.4, 0.5) is 0 Å². The highest BCUT2D eigenvalue weighted by Crippen LogP contribution is 2.14. The van der Waals surface area contributed by atoms with Crippen LogP contribution in [0.3, 0.4) is 0 Å². The number of methoxy groups -OCH3 is 1. The van der Waals surface area contributed by atoms with Gasteiger partial charge in [0.05, 0.1) is 19.6 Å². The van der Waals surface area contributed by atoms with Crippen LogP contribution in [0.15, 0.2) is 47.3 Å². The summed E-state index contributed by atoms with van der Waals surface area (Å²) in [5, 5.41) is 3.47. The summed E-state index contributed by atoms with van der Waals surface area (Å²) in [7, 11) is 1.69. The monoisotopic (exact) mass is 245 g/mol. The van der Waals surface area contributed by atoms with Gasteiger partial charge in [0.25, 0.3) is 0 Å². The lowest BCUT2D eigenvalue weighted by Crippen LogP contribution is -2.20. The van der Waals surface area contributed by atoms with E-state index < -0.39 is 0 Å². The van der Waals surface area contributed by atoms with E-state index in [2.05, 4.69) is 24.4 Å². The van der Waals surface area contributed by atoms with Crippen LogP contribution in [0.1, 0.15) is 24.1 Å². The van der Waals surface area contributed by atoms with Crippen LogP contribution in [0.25, 0.3) is 0 Å². The molecule has 0 aliphatic rings. The molecule has 1 aromatic carbocycles. The molecule has 1 atom stereocenters. The lowest BCUT2D eigenvalue weighted by atomic mass is 10.1. The van der Waals surface area contributed by atoms with E-state index in [1.807, 2.05) is 18.2 Å². The molecule has 2 rings (SSSR count). The van der Waals surface area contributed by atoms with E-state index >= 15 is 0 Å². The van der Waals surface area contributed by atoms with Gasteiger partial charge in [-0.1, -0.05) is 12.1 Å². The van der Waals surface area contributed by atoms with Gasteiger partial charge < -0.3 is 14.5 Å². The number of benzene rings is 1. The van der Waals surface area contributed by atoms with Crippen molar-refractivity contribution in [1.29, 1.82) is 0 Å². The minimum atomic E-state index is 0.314. The van der Waals surface area contributed by atoms with Gasteiger partial charge in [-0.2, -0.15) is 0 Å². The molecule has 0 spiro atoms. The van der Waals surface area contributed by atoms with Crippen LogP contribution >= 0.6 is 0 Å². The first-order valence-corrected chi connectivity index (χ1v) is 6.18. The first kappa shape index (κ1) is 12.7. The fourth-order valence-electron chi connectivity index (χ4n) is 1.90. The molecular formula is C15H19NO2. The second-order valence-electron chi connectivity index (χ2n) is 4.33. The Kier molecular flexibility index (Phi) is 4.42. The zero-order valence-corrected chi connectivity index (χ0v) is 10.8. The second-order valence-corrected chi connectivity index (χ2v) is 4.33. The lowest BCUT2D eigenvalue weighted by molar-refractivity contribution is 0.414. The summed E-state index contributed by atoms with van der Waals surface area (Å²) in [6, 6.07) is 10.5. The van der Waals surface area contributed by atoms with Gasteiger partial charge >= 0.3 is 0 Å². The first-order valence-electron chi connectivity index (χ1n) is 6.18. The minimum absolute atomic E-state index is 0.314. The van der Waals surface area contributed by atoms with Crippen LogP contribution in [-0.4, -0.2) is 13.7 Å². The van der Waals surface area contributed by atoms with Crippen molar-refractivity contribution in [3.05, 3.63) is 54.0 Å². The first-order chi connectivity index (χ1) is 8.79. The SMILES string of the molecule is COc1cccc(CCNC(C)c2ccoc2)c1. The molecule has 0 radical (unpaired) electrons. The van der Waals surface area contributed by atoms with Crippen LogP contribution in [-0.2, 0) is 6.42 Å². The molecule has 0 aliphatic carbocycles. The number of ether oxygens (including phenoxy) is 1. The van der Waals surface area contributed by atoms with Gasteiger partial charge in [0.15, 0.2) is 0 Å². The smallest absolute Gasteiger partial charge is 0.119 e. The predicted molar refractivity (Wildman–Crippen MR) is 71.8 cm³/mol. The summed E-state index contributed by atoms with van der Waals surface area (Å²) in [4.78, 5) is 0. The van der Waals surface area contributed by atoms with Gasteiger partial charge in [0.2, 0.25) is 0 Å². The number of hydrogen-bond donors (Lipinski definition) is 1. The molecule has 3 nitrogen and oxygen atoms in total. The Morgan fingerprint density at radius 2 is 2.22 bits per heavy atom. The summed E-state index contributed by atoms with van der Waals surface area (Å²) in [5.41, 5.74) is 2.46. The van der Waals surface area contributed by atoms with Gasteiger partial charge in [0.1, 0.15) is 5.75 Å². The molecule has 0 aliphatic heterocycles. The van der Waals surface area contributed by atoms with Crippen molar-refractivity contribution in [2.75, 3.05) is 13.7 Å². The second kappa shape index (κ2) is 6.26. The molecule has 2 aromatic rings. The van der Waals surface area contributed by atoms with Gasteiger partial charge in [-0.3, -0.25) is 0 Å². The molecular weight excluding hydrogens is 226 g/mol. The highest BCUT2D eigenvalue weighted by molar-refractivity contribution is 5.28. The molecule has 0 amide bonds. The maximum Gasteiger partial charge on any atom is 0.119 e. The van der Waals surface area contributed by atoms with Crippen molar-refractivity contribution >= 4 is 0 Å². The average molecular weight is 245 g/mol. The molecule has 0 saturated heterocycles. The molecule has 1 N–H and O–H groups in total. The van der Waals surface area contributed by atoms with Crippen LogP contribution in [0.5, 0.6) is 5.75 Å². The van der Waals surface area contributed by atoms with E-state index in [4.69, 9.17) is 9.15 Å². The number of furan rings is 1. The summed E-state index contributed by atoms with van der Waals surface area (Å²) in [6.07, 6.45) is 4.47. The third-order valence-corrected chi connectivity index (χ3v) is 3.04. The average Bonchev–Trinajstić information content (AvgIpc) is 2.93. The normalized spacial score (nSPS) is 12.3. The Balaban J connectivity index is 1.81. The largest absolute Gasteiger partial charge is 0.497 e. The molecule has 3 heteroatoms. The van der Waals surface area contributed by atoms with Crippen LogP contribution < -0.4 is 10.1 Å². The van der Waals surface area contributed by atoms with Gasteiger partial charge in [-0.25, -0.2) is 0 Å². The lowest BCUT2D eigenvalue weighted by Gasteiger charge is -2.12.